The van der Waals surface area contributed by atoms with Gasteiger partial charge in [0.1, 0.15) is 24.1 Å². The van der Waals surface area contributed by atoms with Crippen molar-refractivity contribution in [1.82, 2.24) is 28.7 Å². The van der Waals surface area contributed by atoms with Crippen LogP contribution in [0, 0.1) is 42.8 Å². The number of nitrogens with two attached hydrogens (primary N) is 3. The lowest BCUT2D eigenvalue weighted by Gasteiger charge is -2.23. The van der Waals surface area contributed by atoms with Crippen molar-refractivity contribution in [2.24, 2.45) is 0 Å². The molecule has 0 bridgehead atoms. The van der Waals surface area contributed by atoms with Crippen LogP contribution in [0.1, 0.15) is 18.7 Å². The van der Waals surface area contributed by atoms with E-state index in [1.807, 2.05) is 17.8 Å². The maximum atomic E-state index is 14.1. The number of anilines is 3. The number of hydrogen-bond donors (Lipinski definition) is 10. The molecule has 26 heteroatoms. The molecule has 3 fully saturated rings. The van der Waals surface area contributed by atoms with Crippen molar-refractivity contribution in [3.05, 3.63) is 61.9 Å². The van der Waals surface area contributed by atoms with Gasteiger partial charge in [0.2, 0.25) is 0 Å². The van der Waals surface area contributed by atoms with Gasteiger partial charge in [-0.3, -0.25) is 13.7 Å². The Kier molecular flexibility index (Phi) is 13.4. The van der Waals surface area contributed by atoms with E-state index in [0.717, 1.165) is 10.8 Å². The lowest BCUT2D eigenvalue weighted by molar-refractivity contribution is -0.0924. The van der Waals surface area contributed by atoms with E-state index in [-0.39, 0.29) is 5.82 Å². The van der Waals surface area contributed by atoms with Crippen LogP contribution in [-0.2, 0) is 14.2 Å². The van der Waals surface area contributed by atoms with Crippen LogP contribution in [0.25, 0.3) is 0 Å². The number of aromatic nitrogens is 6. The van der Waals surface area contributed by atoms with Gasteiger partial charge in [0.15, 0.2) is 77.2 Å². The summed E-state index contributed by atoms with van der Waals surface area (Å²) in [5.41, 5.74) is 6.86. The summed E-state index contributed by atoms with van der Waals surface area (Å²) in [5, 5.41) is 66.0. The molecule has 318 valence electrons. The lowest BCUT2D eigenvalue weighted by atomic mass is 9.98. The minimum Gasteiger partial charge on any atom is -0.503 e. The number of aliphatic hydroxyl groups is 6. The summed E-state index contributed by atoms with van der Waals surface area (Å²) in [4.78, 5) is 44.6. The zero-order chi connectivity index (χ0) is 44.4. The number of aliphatic hydroxyl groups excluding tert-OH is 6. The van der Waals surface area contributed by atoms with E-state index in [4.69, 9.17) is 60.9 Å². The van der Waals surface area contributed by atoms with E-state index < -0.39 is 132 Å². The molecule has 6 rings (SSSR count). The molecule has 0 aliphatic carbocycles. The SMILES string of the molecule is C#CC1(CO)OC(n2cc(F)c(N)nc2=O)C(F)C1O.C#CC1(CO)OC(n2cc(O)c(N)nc2=O)C(F)C1O.C#CC1(CO)OC(n2ccc(N)nc2=O)C(F)C1O. The zero-order valence-corrected chi connectivity index (χ0v) is 29.9. The van der Waals surface area contributed by atoms with Gasteiger partial charge in [-0.25, -0.2) is 31.9 Å². The Bertz CT molecular complexity index is 2240. The third-order valence-electron chi connectivity index (χ3n) is 9.16. The third-order valence-corrected chi connectivity index (χ3v) is 9.16. The van der Waals surface area contributed by atoms with Crippen LogP contribution in [0.15, 0.2) is 39.0 Å². The van der Waals surface area contributed by atoms with Gasteiger partial charge in [-0.2, -0.15) is 15.0 Å². The normalized spacial score (nSPS) is 33.4. The molecule has 6 heterocycles. The number of aromatic hydroxyl groups is 1. The second-order valence-corrected chi connectivity index (χ2v) is 12.7. The Morgan fingerprint density at radius 2 is 1.02 bits per heavy atom. The second kappa shape index (κ2) is 17.4. The molecule has 22 nitrogen and oxygen atoms in total. The highest BCUT2D eigenvalue weighted by Crippen LogP contribution is 2.40. The summed E-state index contributed by atoms with van der Waals surface area (Å²) < 4.78 is 72.6. The molecule has 0 radical (unpaired) electrons. The molecular formula is C33H35F4N9O13. The molecule has 59 heavy (non-hydrogen) atoms. The zero-order valence-electron chi connectivity index (χ0n) is 29.9. The van der Waals surface area contributed by atoms with E-state index in [1.54, 1.807) is 0 Å². The number of halogens is 4. The van der Waals surface area contributed by atoms with Crippen molar-refractivity contribution in [2.75, 3.05) is 37.0 Å². The molecule has 3 aliphatic heterocycles. The highest BCUT2D eigenvalue weighted by Gasteiger charge is 2.57. The highest BCUT2D eigenvalue weighted by atomic mass is 19.1. The van der Waals surface area contributed by atoms with Crippen molar-refractivity contribution in [3.8, 4) is 42.8 Å². The summed E-state index contributed by atoms with van der Waals surface area (Å²) in [7, 11) is 0. The fourth-order valence-corrected chi connectivity index (χ4v) is 5.72. The van der Waals surface area contributed by atoms with Crippen molar-refractivity contribution in [1.29, 1.82) is 0 Å². The molecule has 0 aromatic carbocycles. The number of alkyl halides is 3. The third kappa shape index (κ3) is 8.15. The Morgan fingerprint density at radius 3 is 1.37 bits per heavy atom. The fourth-order valence-electron chi connectivity index (χ4n) is 5.72. The average molecular weight is 842 g/mol. The summed E-state index contributed by atoms with van der Waals surface area (Å²) in [6.07, 6.45) is 1.45. The van der Waals surface area contributed by atoms with E-state index >= 15 is 0 Å². The first-order valence-electron chi connectivity index (χ1n) is 16.4. The van der Waals surface area contributed by atoms with Gasteiger partial charge >= 0.3 is 17.1 Å². The van der Waals surface area contributed by atoms with Crippen LogP contribution >= 0.6 is 0 Å². The van der Waals surface area contributed by atoms with E-state index in [2.05, 4.69) is 15.0 Å². The molecule has 0 amide bonds. The number of rotatable bonds is 6. The second-order valence-electron chi connectivity index (χ2n) is 12.7. The Labute approximate surface area is 327 Å². The number of nitrogen functional groups attached to an aromatic ring is 3. The smallest absolute Gasteiger partial charge is 0.351 e. The van der Waals surface area contributed by atoms with Crippen molar-refractivity contribution < 1.29 is 67.5 Å². The van der Waals surface area contributed by atoms with Gasteiger partial charge in [0.25, 0.3) is 0 Å². The molecule has 3 aromatic rings. The van der Waals surface area contributed by atoms with Crippen LogP contribution in [0.3, 0.4) is 0 Å². The average Bonchev–Trinajstić information content (AvgIpc) is 3.74. The largest absolute Gasteiger partial charge is 0.503 e. The minimum absolute atomic E-state index is 0.0272. The predicted octanol–water partition coefficient (Wildman–Crippen LogP) is -4.90. The summed E-state index contributed by atoms with van der Waals surface area (Å²) in [6.45, 7) is -2.50. The Morgan fingerprint density at radius 1 is 0.661 bits per heavy atom. The summed E-state index contributed by atoms with van der Waals surface area (Å²) >= 11 is 0. The van der Waals surface area contributed by atoms with Gasteiger partial charge in [-0.05, 0) is 6.07 Å². The van der Waals surface area contributed by atoms with Crippen molar-refractivity contribution in [2.45, 2.75) is 72.3 Å². The van der Waals surface area contributed by atoms with Crippen LogP contribution in [0.4, 0.5) is 35.0 Å². The van der Waals surface area contributed by atoms with Gasteiger partial charge < -0.3 is 67.2 Å². The monoisotopic (exact) mass is 841 g/mol. The molecule has 12 atom stereocenters. The number of ether oxygens (including phenoxy) is 3. The van der Waals surface area contributed by atoms with E-state index in [0.29, 0.717) is 15.3 Å². The first-order valence-corrected chi connectivity index (χ1v) is 16.4. The van der Waals surface area contributed by atoms with Gasteiger partial charge in [0.05, 0.1) is 32.2 Å². The first kappa shape index (κ1) is 45.6. The van der Waals surface area contributed by atoms with Crippen LogP contribution in [0.2, 0.25) is 0 Å². The Hall–Kier alpha value is -6.12. The van der Waals surface area contributed by atoms with Crippen LogP contribution in [-0.4, -0.2) is 138 Å². The van der Waals surface area contributed by atoms with Crippen molar-refractivity contribution >= 4 is 17.5 Å². The standard InChI is InChI=1S/C11H11F2N3O4.C11H12FN3O5.C11H12FN3O4/c1-2-11(4-17)7(18)6(13)9(20-11)16-3-5(12)8(14)15-10(16)19;1-2-11(4-16)7(18)6(12)9(20-11)15-3-5(17)8(13)14-10(15)19;1-2-11(5-16)8(17)7(12)9(19-11)15-4-3-6(13)14-10(15)18/h1,3,6-7,9,17-18H,4H2,(H2,14,15,19);1,3,6-7,9,16-18H,4H2,(H2,13,14,19);1,3-4,7-9,16-17H,5H2,(H2,13,14,18). The molecule has 0 saturated carbocycles. The maximum Gasteiger partial charge on any atom is 0.351 e. The highest BCUT2D eigenvalue weighted by molar-refractivity contribution is 5.41. The number of hydrogen-bond acceptors (Lipinski definition) is 19. The summed E-state index contributed by atoms with van der Waals surface area (Å²) in [6, 6.07) is 1.28. The van der Waals surface area contributed by atoms with Gasteiger partial charge in [-0.1, -0.05) is 17.8 Å². The topological polar surface area (TPSA) is 352 Å². The predicted molar refractivity (Wildman–Crippen MR) is 189 cm³/mol. The molecule has 3 aromatic heterocycles. The quantitative estimate of drug-likeness (QED) is 0.0821. The van der Waals surface area contributed by atoms with Crippen molar-refractivity contribution in [3.63, 3.8) is 0 Å². The van der Waals surface area contributed by atoms with Crippen LogP contribution in [0.5, 0.6) is 5.75 Å². The molecule has 12 unspecified atom stereocenters. The molecule has 3 saturated heterocycles. The molecule has 0 spiro atoms. The van der Waals surface area contributed by atoms with Gasteiger partial charge in [0, 0.05) is 6.20 Å². The lowest BCUT2D eigenvalue weighted by Crippen LogP contribution is -2.44. The number of terminal acetylenes is 3. The van der Waals surface area contributed by atoms with E-state index in [1.165, 1.54) is 12.3 Å². The maximum absolute atomic E-state index is 14.1. The number of nitrogens with zero attached hydrogens (tertiary/aromatic N) is 6. The van der Waals surface area contributed by atoms with Gasteiger partial charge in [-0.15, -0.1) is 19.3 Å². The fraction of sp³-hybridized carbons (Fsp3) is 0.455. The Balaban J connectivity index is 0.000000196. The molecule has 13 N–H and O–H groups in total. The molecular weight excluding hydrogens is 806 g/mol. The minimum atomic E-state index is -2.15. The van der Waals surface area contributed by atoms with Crippen LogP contribution < -0.4 is 34.3 Å². The summed E-state index contributed by atoms with van der Waals surface area (Å²) in [5.74, 6) is 3.20. The molecule has 3 aliphatic rings. The first-order chi connectivity index (χ1) is 27.7. The van der Waals surface area contributed by atoms with E-state index in [9.17, 15) is 57.5 Å².